The number of rotatable bonds is 11. The lowest BCUT2D eigenvalue weighted by Crippen LogP contribution is -2.49. The van der Waals surface area contributed by atoms with Gasteiger partial charge >= 0.3 is 0 Å². The first-order valence-corrected chi connectivity index (χ1v) is 10.0. The Balaban J connectivity index is 1.53. The van der Waals surface area contributed by atoms with E-state index >= 15 is 0 Å². The van der Waals surface area contributed by atoms with Crippen molar-refractivity contribution in [3.8, 4) is 0 Å². The van der Waals surface area contributed by atoms with Crippen LogP contribution < -0.4 is 16.0 Å². The summed E-state index contributed by atoms with van der Waals surface area (Å²) in [6.07, 6.45) is 9.30. The number of unbranched alkanes of at least 4 members (excludes halogenated alkanes) is 1. The van der Waals surface area contributed by atoms with E-state index in [0.717, 1.165) is 39.0 Å². The molecule has 2 rings (SSSR count). The highest BCUT2D eigenvalue weighted by molar-refractivity contribution is 4.89. The number of ether oxygens (including phenoxy) is 3. The molecule has 1 saturated heterocycles. The Morgan fingerprint density at radius 2 is 1.64 bits per heavy atom. The Hall–Kier alpha value is -0.240. The van der Waals surface area contributed by atoms with Gasteiger partial charge in [0.25, 0.3) is 0 Å². The third-order valence-corrected chi connectivity index (χ3v) is 5.66. The topological polar surface area (TPSA) is 63.8 Å². The van der Waals surface area contributed by atoms with Crippen molar-refractivity contribution in [1.29, 1.82) is 0 Å². The Bertz CT molecular complexity index is 326. The molecule has 6 heteroatoms. The summed E-state index contributed by atoms with van der Waals surface area (Å²) < 4.78 is 16.8. The van der Waals surface area contributed by atoms with E-state index in [4.69, 9.17) is 14.2 Å². The van der Waals surface area contributed by atoms with Crippen LogP contribution in [0.5, 0.6) is 0 Å². The number of hydrogen-bond acceptors (Lipinski definition) is 6. The second-order valence-corrected chi connectivity index (χ2v) is 7.45. The van der Waals surface area contributed by atoms with Gasteiger partial charge in [0.1, 0.15) is 6.10 Å². The van der Waals surface area contributed by atoms with Gasteiger partial charge in [-0.15, -0.1) is 0 Å². The van der Waals surface area contributed by atoms with Gasteiger partial charge in [0, 0.05) is 21.3 Å². The number of piperidine rings is 1. The second-order valence-electron chi connectivity index (χ2n) is 7.45. The van der Waals surface area contributed by atoms with Crippen molar-refractivity contribution < 1.29 is 14.2 Å². The molecule has 0 aromatic carbocycles. The van der Waals surface area contributed by atoms with E-state index in [9.17, 15) is 0 Å². The molecule has 148 valence electrons. The van der Waals surface area contributed by atoms with E-state index in [1.54, 1.807) is 21.3 Å². The summed E-state index contributed by atoms with van der Waals surface area (Å²) >= 11 is 0. The van der Waals surface area contributed by atoms with Gasteiger partial charge in [0.15, 0.2) is 0 Å². The largest absolute Gasteiger partial charge is 0.379 e. The Kier molecular flexibility index (Phi) is 10.3. The van der Waals surface area contributed by atoms with Gasteiger partial charge in [0.2, 0.25) is 0 Å². The molecule has 25 heavy (non-hydrogen) atoms. The van der Waals surface area contributed by atoms with Crippen molar-refractivity contribution in [3.63, 3.8) is 0 Å². The van der Waals surface area contributed by atoms with Gasteiger partial charge in [0.05, 0.1) is 18.4 Å². The van der Waals surface area contributed by atoms with Crippen molar-refractivity contribution in [2.24, 2.45) is 5.92 Å². The van der Waals surface area contributed by atoms with Crippen LogP contribution in [0.1, 0.15) is 44.9 Å². The zero-order valence-electron chi connectivity index (χ0n) is 16.4. The minimum atomic E-state index is 0.0470. The summed E-state index contributed by atoms with van der Waals surface area (Å²) in [4.78, 5) is 0. The molecule has 2 fully saturated rings. The van der Waals surface area contributed by atoms with Crippen LogP contribution in [0.25, 0.3) is 0 Å². The van der Waals surface area contributed by atoms with Gasteiger partial charge in [-0.1, -0.05) is 0 Å². The molecule has 0 bridgehead atoms. The molecule has 1 aliphatic heterocycles. The third-order valence-electron chi connectivity index (χ3n) is 5.66. The average molecular weight is 358 g/mol. The summed E-state index contributed by atoms with van der Waals surface area (Å²) in [7, 11) is 5.29. The number of hydrogen-bond donors (Lipinski definition) is 3. The summed E-state index contributed by atoms with van der Waals surface area (Å²) in [5.41, 5.74) is 0. The predicted molar refractivity (Wildman–Crippen MR) is 101 cm³/mol. The number of methoxy groups -OCH3 is 3. The first-order valence-electron chi connectivity index (χ1n) is 10.0. The highest BCUT2D eigenvalue weighted by Gasteiger charge is 2.38. The van der Waals surface area contributed by atoms with Gasteiger partial charge in [-0.3, -0.25) is 0 Å². The molecule has 2 aliphatic rings. The molecule has 3 atom stereocenters. The molecule has 6 nitrogen and oxygen atoms in total. The molecule has 3 unspecified atom stereocenters. The lowest BCUT2D eigenvalue weighted by Gasteiger charge is -2.39. The minimum Gasteiger partial charge on any atom is -0.379 e. The van der Waals surface area contributed by atoms with Crippen molar-refractivity contribution >= 4 is 0 Å². The van der Waals surface area contributed by atoms with Crippen molar-refractivity contribution in [3.05, 3.63) is 0 Å². The van der Waals surface area contributed by atoms with E-state index in [1.165, 1.54) is 32.1 Å². The maximum absolute atomic E-state index is 5.63. The fourth-order valence-electron chi connectivity index (χ4n) is 4.18. The smallest absolute Gasteiger partial charge is 0.109 e. The maximum Gasteiger partial charge on any atom is 0.109 e. The number of nitrogens with one attached hydrogen (secondary N) is 3. The van der Waals surface area contributed by atoms with Crippen LogP contribution in [0, 0.1) is 5.92 Å². The first kappa shape index (κ1) is 21.1. The summed E-state index contributed by atoms with van der Waals surface area (Å²) in [5, 5.41) is 10.8. The summed E-state index contributed by atoms with van der Waals surface area (Å²) in [6.45, 7) is 4.39. The summed E-state index contributed by atoms with van der Waals surface area (Å²) in [5.74, 6) is 0.589. The molecule has 0 aromatic rings. The van der Waals surface area contributed by atoms with Crippen molar-refractivity contribution in [2.75, 3.05) is 47.5 Å². The Morgan fingerprint density at radius 3 is 2.24 bits per heavy atom. The fraction of sp³-hybridized carbons (Fsp3) is 1.00. The zero-order valence-corrected chi connectivity index (χ0v) is 16.4. The molecule has 0 radical (unpaired) electrons. The molecule has 3 N–H and O–H groups in total. The van der Waals surface area contributed by atoms with Crippen LogP contribution in [-0.2, 0) is 14.2 Å². The Labute approximate surface area is 153 Å². The van der Waals surface area contributed by atoms with Crippen molar-refractivity contribution in [2.45, 2.75) is 69.4 Å². The fourth-order valence-corrected chi connectivity index (χ4v) is 4.18. The molecule has 0 spiro atoms. The normalized spacial score (nSPS) is 33.5. The predicted octanol–water partition coefficient (Wildman–Crippen LogP) is 1.50. The van der Waals surface area contributed by atoms with Crippen LogP contribution in [0.15, 0.2) is 0 Å². The standard InChI is InChI=1S/C19H39N3O3/c1-23-16-12-15(13-17(24-2)19(16)25-3)14-20-9-6-7-11-22-18-8-4-5-10-21-18/h15-22H,4-14H2,1-3H3. The molecule has 1 aliphatic carbocycles. The van der Waals surface area contributed by atoms with E-state index in [-0.39, 0.29) is 18.3 Å². The van der Waals surface area contributed by atoms with Crippen LogP contribution in [0.2, 0.25) is 0 Å². The van der Waals surface area contributed by atoms with Gasteiger partial charge in [-0.05, 0) is 77.0 Å². The second kappa shape index (κ2) is 12.2. The van der Waals surface area contributed by atoms with E-state index in [1.807, 2.05) is 0 Å². The third kappa shape index (κ3) is 7.12. The lowest BCUT2D eigenvalue weighted by molar-refractivity contribution is -0.140. The van der Waals surface area contributed by atoms with Gasteiger partial charge in [-0.2, -0.15) is 0 Å². The highest BCUT2D eigenvalue weighted by Crippen LogP contribution is 2.29. The molecule has 1 saturated carbocycles. The SMILES string of the molecule is COC1CC(CNCCCCNC2CCCCN2)CC(OC)C1OC. The highest BCUT2D eigenvalue weighted by atomic mass is 16.6. The molecular formula is C19H39N3O3. The van der Waals surface area contributed by atoms with Crippen LogP contribution in [-0.4, -0.2) is 72.0 Å². The van der Waals surface area contributed by atoms with Crippen LogP contribution in [0.3, 0.4) is 0 Å². The quantitative estimate of drug-likeness (QED) is 0.487. The minimum absolute atomic E-state index is 0.0470. The zero-order chi connectivity index (χ0) is 17.9. The first-order chi connectivity index (χ1) is 12.3. The van der Waals surface area contributed by atoms with Gasteiger partial charge in [-0.25, -0.2) is 0 Å². The molecule has 0 amide bonds. The van der Waals surface area contributed by atoms with Crippen LogP contribution in [0.4, 0.5) is 0 Å². The van der Waals surface area contributed by atoms with Gasteiger partial charge < -0.3 is 30.2 Å². The molecule has 1 heterocycles. The monoisotopic (exact) mass is 357 g/mol. The molecular weight excluding hydrogens is 318 g/mol. The van der Waals surface area contributed by atoms with E-state index in [2.05, 4.69) is 16.0 Å². The maximum atomic E-state index is 5.63. The van der Waals surface area contributed by atoms with E-state index in [0.29, 0.717) is 12.1 Å². The lowest BCUT2D eigenvalue weighted by atomic mass is 9.83. The Morgan fingerprint density at radius 1 is 0.920 bits per heavy atom. The average Bonchev–Trinajstić information content (AvgIpc) is 2.67. The van der Waals surface area contributed by atoms with E-state index < -0.39 is 0 Å². The molecule has 0 aromatic heterocycles. The van der Waals surface area contributed by atoms with Crippen LogP contribution >= 0.6 is 0 Å². The van der Waals surface area contributed by atoms with Crippen molar-refractivity contribution in [1.82, 2.24) is 16.0 Å². The summed E-state index contributed by atoms with van der Waals surface area (Å²) in [6, 6.07) is 0.